The van der Waals surface area contributed by atoms with E-state index in [1.54, 1.807) is 0 Å². The van der Waals surface area contributed by atoms with Crippen molar-refractivity contribution >= 4 is 0 Å². The van der Waals surface area contributed by atoms with Gasteiger partial charge in [0.2, 0.25) is 0 Å². The minimum Gasteiger partial charge on any atom is -0.300 e. The lowest BCUT2D eigenvalue weighted by molar-refractivity contribution is 0.296. The van der Waals surface area contributed by atoms with Crippen molar-refractivity contribution in [1.82, 2.24) is 4.90 Å². The molecule has 0 aliphatic rings. The van der Waals surface area contributed by atoms with Gasteiger partial charge in [0.1, 0.15) is 0 Å². The quantitative estimate of drug-likeness (QED) is 0.698. The third kappa shape index (κ3) is 3.64. The Labute approximate surface area is 100 Å². The molecule has 0 saturated heterocycles. The summed E-state index contributed by atoms with van der Waals surface area (Å²) in [5, 5.41) is 0. The molecule has 0 aromatic heterocycles. The fourth-order valence-electron chi connectivity index (χ4n) is 1.89. The van der Waals surface area contributed by atoms with Gasteiger partial charge in [-0.25, -0.2) is 0 Å². The van der Waals surface area contributed by atoms with Crippen molar-refractivity contribution in [2.24, 2.45) is 0 Å². The van der Waals surface area contributed by atoms with E-state index in [1.807, 2.05) is 0 Å². The monoisotopic (exact) mass is 219 g/mol. The van der Waals surface area contributed by atoms with Crippen LogP contribution < -0.4 is 0 Å². The van der Waals surface area contributed by atoms with Gasteiger partial charge in [0.05, 0.1) is 0 Å². The standard InChI is InChI=1S/C15H25N/c1-5-13(4)15-10-8-14(9-11-15)12-16(6-2)7-3/h8-11,13H,5-7,12H2,1-4H3. The smallest absolute Gasteiger partial charge is 0.0233 e. The Morgan fingerprint density at radius 2 is 1.56 bits per heavy atom. The average Bonchev–Trinajstić information content (AvgIpc) is 2.35. The van der Waals surface area contributed by atoms with Crippen LogP contribution in [0.4, 0.5) is 0 Å². The first-order chi connectivity index (χ1) is 7.71. The second-order valence-electron chi connectivity index (χ2n) is 4.51. The lowest BCUT2D eigenvalue weighted by atomic mass is 9.97. The summed E-state index contributed by atoms with van der Waals surface area (Å²) in [5.41, 5.74) is 2.89. The molecule has 0 bridgehead atoms. The van der Waals surface area contributed by atoms with Gasteiger partial charge in [-0.05, 0) is 36.6 Å². The Morgan fingerprint density at radius 3 is 2.00 bits per heavy atom. The van der Waals surface area contributed by atoms with Crippen molar-refractivity contribution in [3.8, 4) is 0 Å². The van der Waals surface area contributed by atoms with E-state index in [-0.39, 0.29) is 0 Å². The number of hydrogen-bond donors (Lipinski definition) is 0. The third-order valence-corrected chi connectivity index (χ3v) is 3.46. The van der Waals surface area contributed by atoms with Crippen molar-refractivity contribution < 1.29 is 0 Å². The van der Waals surface area contributed by atoms with E-state index >= 15 is 0 Å². The molecule has 0 aliphatic heterocycles. The minimum atomic E-state index is 0.683. The summed E-state index contributed by atoms with van der Waals surface area (Å²) >= 11 is 0. The van der Waals surface area contributed by atoms with Crippen LogP contribution in [-0.2, 0) is 6.54 Å². The lowest BCUT2D eigenvalue weighted by Crippen LogP contribution is -2.22. The van der Waals surface area contributed by atoms with Gasteiger partial charge in [-0.2, -0.15) is 0 Å². The summed E-state index contributed by atoms with van der Waals surface area (Å²) in [6, 6.07) is 9.12. The molecule has 1 unspecified atom stereocenters. The molecule has 1 aromatic carbocycles. The average molecular weight is 219 g/mol. The normalized spacial score (nSPS) is 13.1. The van der Waals surface area contributed by atoms with E-state index in [2.05, 4.69) is 56.9 Å². The van der Waals surface area contributed by atoms with Crippen molar-refractivity contribution in [1.29, 1.82) is 0 Å². The molecule has 0 fully saturated rings. The van der Waals surface area contributed by atoms with Crippen LogP contribution in [0.25, 0.3) is 0 Å². The third-order valence-electron chi connectivity index (χ3n) is 3.46. The largest absolute Gasteiger partial charge is 0.300 e. The van der Waals surface area contributed by atoms with Crippen LogP contribution >= 0.6 is 0 Å². The molecule has 1 heteroatoms. The summed E-state index contributed by atoms with van der Waals surface area (Å²) in [5.74, 6) is 0.683. The van der Waals surface area contributed by atoms with Gasteiger partial charge in [0.25, 0.3) is 0 Å². The second kappa shape index (κ2) is 6.70. The van der Waals surface area contributed by atoms with Crippen LogP contribution in [0, 0.1) is 0 Å². The topological polar surface area (TPSA) is 3.24 Å². The maximum atomic E-state index is 2.44. The maximum Gasteiger partial charge on any atom is 0.0233 e. The molecule has 16 heavy (non-hydrogen) atoms. The number of rotatable bonds is 6. The van der Waals surface area contributed by atoms with Crippen molar-refractivity contribution in [2.75, 3.05) is 13.1 Å². The van der Waals surface area contributed by atoms with E-state index in [1.165, 1.54) is 17.5 Å². The molecule has 1 nitrogen and oxygen atoms in total. The van der Waals surface area contributed by atoms with E-state index in [4.69, 9.17) is 0 Å². The molecular formula is C15H25N. The zero-order chi connectivity index (χ0) is 12.0. The van der Waals surface area contributed by atoms with E-state index in [9.17, 15) is 0 Å². The summed E-state index contributed by atoms with van der Waals surface area (Å²) in [7, 11) is 0. The number of nitrogens with zero attached hydrogens (tertiary/aromatic N) is 1. The van der Waals surface area contributed by atoms with Gasteiger partial charge in [-0.15, -0.1) is 0 Å². The van der Waals surface area contributed by atoms with E-state index in [0.29, 0.717) is 5.92 Å². The molecule has 1 rings (SSSR count). The molecule has 0 aliphatic carbocycles. The van der Waals surface area contributed by atoms with Crippen LogP contribution in [0.2, 0.25) is 0 Å². The Hall–Kier alpha value is -0.820. The molecule has 0 saturated carbocycles. The van der Waals surface area contributed by atoms with Crippen LogP contribution in [-0.4, -0.2) is 18.0 Å². The Kier molecular flexibility index (Phi) is 5.54. The van der Waals surface area contributed by atoms with Gasteiger partial charge < -0.3 is 0 Å². The summed E-state index contributed by atoms with van der Waals surface area (Å²) in [4.78, 5) is 2.44. The lowest BCUT2D eigenvalue weighted by Gasteiger charge is -2.18. The van der Waals surface area contributed by atoms with Gasteiger partial charge in [0, 0.05) is 6.54 Å². The first-order valence-corrected chi connectivity index (χ1v) is 6.52. The van der Waals surface area contributed by atoms with Crippen LogP contribution in [0.1, 0.15) is 51.2 Å². The van der Waals surface area contributed by atoms with Crippen LogP contribution in [0.5, 0.6) is 0 Å². The van der Waals surface area contributed by atoms with Crippen LogP contribution in [0.15, 0.2) is 24.3 Å². The molecule has 0 N–H and O–H groups in total. The van der Waals surface area contributed by atoms with Crippen LogP contribution in [0.3, 0.4) is 0 Å². The summed E-state index contributed by atoms with van der Waals surface area (Å²) < 4.78 is 0. The highest BCUT2D eigenvalue weighted by Crippen LogP contribution is 2.19. The van der Waals surface area contributed by atoms with Gasteiger partial charge in [0.15, 0.2) is 0 Å². The van der Waals surface area contributed by atoms with Crippen molar-refractivity contribution in [2.45, 2.75) is 46.6 Å². The molecule has 0 amide bonds. The van der Waals surface area contributed by atoms with E-state index in [0.717, 1.165) is 19.6 Å². The van der Waals surface area contributed by atoms with Gasteiger partial charge in [-0.1, -0.05) is 52.0 Å². The maximum absolute atomic E-state index is 2.44. The minimum absolute atomic E-state index is 0.683. The zero-order valence-electron chi connectivity index (χ0n) is 11.2. The zero-order valence-corrected chi connectivity index (χ0v) is 11.2. The number of hydrogen-bond acceptors (Lipinski definition) is 1. The van der Waals surface area contributed by atoms with Gasteiger partial charge in [-0.3, -0.25) is 4.90 Å². The highest BCUT2D eigenvalue weighted by molar-refractivity contribution is 5.24. The molecular weight excluding hydrogens is 194 g/mol. The second-order valence-corrected chi connectivity index (χ2v) is 4.51. The molecule has 0 radical (unpaired) electrons. The van der Waals surface area contributed by atoms with Gasteiger partial charge >= 0.3 is 0 Å². The van der Waals surface area contributed by atoms with E-state index < -0.39 is 0 Å². The SMILES string of the molecule is CCC(C)c1ccc(CN(CC)CC)cc1. The Balaban J connectivity index is 2.64. The molecule has 1 atom stereocenters. The highest BCUT2D eigenvalue weighted by Gasteiger charge is 2.04. The molecule has 0 heterocycles. The molecule has 0 spiro atoms. The summed E-state index contributed by atoms with van der Waals surface area (Å²) in [6.07, 6.45) is 1.22. The Morgan fingerprint density at radius 1 is 1.00 bits per heavy atom. The molecule has 90 valence electrons. The predicted octanol–water partition coefficient (Wildman–Crippen LogP) is 4.04. The predicted molar refractivity (Wildman–Crippen MR) is 71.8 cm³/mol. The first-order valence-electron chi connectivity index (χ1n) is 6.52. The fourth-order valence-corrected chi connectivity index (χ4v) is 1.89. The Bertz CT molecular complexity index is 285. The highest BCUT2D eigenvalue weighted by atomic mass is 15.1. The van der Waals surface area contributed by atoms with Crippen molar-refractivity contribution in [3.05, 3.63) is 35.4 Å². The number of benzene rings is 1. The molecule has 1 aromatic rings. The first kappa shape index (κ1) is 13.2. The fraction of sp³-hybridized carbons (Fsp3) is 0.600. The van der Waals surface area contributed by atoms with Crippen molar-refractivity contribution in [3.63, 3.8) is 0 Å². The summed E-state index contributed by atoms with van der Waals surface area (Å²) in [6.45, 7) is 12.3.